The van der Waals surface area contributed by atoms with E-state index < -0.39 is 0 Å². The molecule has 0 bridgehead atoms. The van der Waals surface area contributed by atoms with Crippen LogP contribution in [0.15, 0.2) is 0 Å². The highest BCUT2D eigenvalue weighted by atomic mass is 16.5. The molecule has 0 aromatic heterocycles. The first-order chi connectivity index (χ1) is 5.20. The van der Waals surface area contributed by atoms with Crippen molar-refractivity contribution in [1.82, 2.24) is 4.90 Å². The lowest BCUT2D eigenvalue weighted by Gasteiger charge is -2.19. The standard InChI is InChI=1S/C8H19NO2/c1-8(7-11-3)6-9(2)4-5-10/h8,10H,4-7H2,1-3H3. The molecule has 68 valence electrons. The molecule has 11 heavy (non-hydrogen) atoms. The number of hydrogen-bond acceptors (Lipinski definition) is 3. The van der Waals surface area contributed by atoms with Crippen LogP contribution in [0.5, 0.6) is 0 Å². The number of hydrogen-bond donors (Lipinski definition) is 1. The van der Waals surface area contributed by atoms with Gasteiger partial charge in [-0.15, -0.1) is 0 Å². The molecule has 0 rings (SSSR count). The Kier molecular flexibility index (Phi) is 6.51. The molecular formula is C8H19NO2. The van der Waals surface area contributed by atoms with Gasteiger partial charge >= 0.3 is 0 Å². The fourth-order valence-corrected chi connectivity index (χ4v) is 1.13. The van der Waals surface area contributed by atoms with Gasteiger partial charge in [0.25, 0.3) is 0 Å². The monoisotopic (exact) mass is 161 g/mol. The summed E-state index contributed by atoms with van der Waals surface area (Å²) in [4.78, 5) is 2.10. The summed E-state index contributed by atoms with van der Waals surface area (Å²) in [5, 5.41) is 8.61. The predicted molar refractivity (Wildman–Crippen MR) is 45.6 cm³/mol. The number of aliphatic hydroxyl groups is 1. The van der Waals surface area contributed by atoms with E-state index in [1.807, 2.05) is 7.05 Å². The molecule has 0 amide bonds. The van der Waals surface area contributed by atoms with Gasteiger partial charge in [-0.05, 0) is 13.0 Å². The third-order valence-corrected chi connectivity index (χ3v) is 1.56. The van der Waals surface area contributed by atoms with Gasteiger partial charge in [-0.2, -0.15) is 0 Å². The molecule has 0 aromatic carbocycles. The number of rotatable bonds is 6. The van der Waals surface area contributed by atoms with Crippen molar-refractivity contribution in [2.75, 3.05) is 40.5 Å². The second-order valence-corrected chi connectivity index (χ2v) is 3.05. The Morgan fingerprint density at radius 1 is 1.55 bits per heavy atom. The van der Waals surface area contributed by atoms with E-state index in [-0.39, 0.29) is 6.61 Å². The molecule has 0 saturated carbocycles. The van der Waals surface area contributed by atoms with Crippen LogP contribution in [-0.2, 0) is 4.74 Å². The molecule has 0 radical (unpaired) electrons. The van der Waals surface area contributed by atoms with E-state index >= 15 is 0 Å². The first-order valence-electron chi connectivity index (χ1n) is 3.99. The van der Waals surface area contributed by atoms with Crippen LogP contribution in [0, 0.1) is 5.92 Å². The van der Waals surface area contributed by atoms with Gasteiger partial charge in [-0.3, -0.25) is 0 Å². The zero-order chi connectivity index (χ0) is 8.69. The largest absolute Gasteiger partial charge is 0.395 e. The number of methoxy groups -OCH3 is 1. The van der Waals surface area contributed by atoms with E-state index in [4.69, 9.17) is 9.84 Å². The summed E-state index contributed by atoms with van der Waals surface area (Å²) in [7, 11) is 3.71. The van der Waals surface area contributed by atoms with Crippen molar-refractivity contribution in [3.63, 3.8) is 0 Å². The Hall–Kier alpha value is -0.120. The molecule has 0 spiro atoms. The Morgan fingerprint density at radius 3 is 2.64 bits per heavy atom. The first kappa shape index (κ1) is 10.9. The zero-order valence-corrected chi connectivity index (χ0v) is 7.71. The van der Waals surface area contributed by atoms with E-state index in [1.54, 1.807) is 7.11 Å². The highest BCUT2D eigenvalue weighted by molar-refractivity contribution is 4.57. The van der Waals surface area contributed by atoms with Crippen LogP contribution in [0.25, 0.3) is 0 Å². The van der Waals surface area contributed by atoms with Gasteiger partial charge in [0.05, 0.1) is 6.61 Å². The van der Waals surface area contributed by atoms with Crippen molar-refractivity contribution >= 4 is 0 Å². The lowest BCUT2D eigenvalue weighted by atomic mass is 10.2. The fraction of sp³-hybridized carbons (Fsp3) is 1.00. The molecule has 0 aromatic rings. The number of nitrogens with zero attached hydrogens (tertiary/aromatic N) is 1. The average molecular weight is 161 g/mol. The quantitative estimate of drug-likeness (QED) is 0.604. The van der Waals surface area contributed by atoms with Crippen molar-refractivity contribution in [3.8, 4) is 0 Å². The second-order valence-electron chi connectivity index (χ2n) is 3.05. The van der Waals surface area contributed by atoms with Crippen molar-refractivity contribution in [3.05, 3.63) is 0 Å². The van der Waals surface area contributed by atoms with Crippen LogP contribution in [0.2, 0.25) is 0 Å². The van der Waals surface area contributed by atoms with Gasteiger partial charge in [-0.1, -0.05) is 6.92 Å². The van der Waals surface area contributed by atoms with Gasteiger partial charge in [0.1, 0.15) is 0 Å². The van der Waals surface area contributed by atoms with Crippen molar-refractivity contribution in [1.29, 1.82) is 0 Å². The summed E-state index contributed by atoms with van der Waals surface area (Å²) in [6, 6.07) is 0. The average Bonchev–Trinajstić information content (AvgIpc) is 1.87. The van der Waals surface area contributed by atoms with Crippen LogP contribution in [0.3, 0.4) is 0 Å². The smallest absolute Gasteiger partial charge is 0.0558 e. The molecule has 0 aliphatic carbocycles. The normalized spacial score (nSPS) is 13.9. The molecule has 0 saturated heterocycles. The minimum atomic E-state index is 0.232. The van der Waals surface area contributed by atoms with Gasteiger partial charge < -0.3 is 14.7 Å². The van der Waals surface area contributed by atoms with Gasteiger partial charge in [0.2, 0.25) is 0 Å². The summed E-state index contributed by atoms with van der Waals surface area (Å²) >= 11 is 0. The Morgan fingerprint density at radius 2 is 2.18 bits per heavy atom. The van der Waals surface area contributed by atoms with Crippen molar-refractivity contribution in [2.24, 2.45) is 5.92 Å². The number of ether oxygens (including phenoxy) is 1. The Balaban J connectivity index is 3.32. The van der Waals surface area contributed by atoms with E-state index in [2.05, 4.69) is 11.8 Å². The maximum Gasteiger partial charge on any atom is 0.0558 e. The maximum atomic E-state index is 8.61. The highest BCUT2D eigenvalue weighted by Crippen LogP contribution is 1.97. The Labute approximate surface area is 69.0 Å². The zero-order valence-electron chi connectivity index (χ0n) is 7.71. The summed E-state index contributed by atoms with van der Waals surface area (Å²) in [6.07, 6.45) is 0. The molecule has 0 aliphatic rings. The molecule has 3 heteroatoms. The van der Waals surface area contributed by atoms with E-state index in [0.717, 1.165) is 19.7 Å². The van der Waals surface area contributed by atoms with Crippen LogP contribution < -0.4 is 0 Å². The minimum Gasteiger partial charge on any atom is -0.395 e. The van der Waals surface area contributed by atoms with Gasteiger partial charge in [-0.25, -0.2) is 0 Å². The maximum absolute atomic E-state index is 8.61. The summed E-state index contributed by atoms with van der Waals surface area (Å²) < 4.78 is 4.99. The lowest BCUT2D eigenvalue weighted by Crippen LogP contribution is -2.28. The molecule has 1 N–H and O–H groups in total. The molecule has 0 fully saturated rings. The van der Waals surface area contributed by atoms with Crippen molar-refractivity contribution < 1.29 is 9.84 Å². The third kappa shape index (κ3) is 6.28. The first-order valence-corrected chi connectivity index (χ1v) is 3.99. The highest BCUT2D eigenvalue weighted by Gasteiger charge is 2.04. The predicted octanol–water partition coefficient (Wildman–Crippen LogP) is 0.193. The van der Waals surface area contributed by atoms with Crippen LogP contribution in [0.1, 0.15) is 6.92 Å². The van der Waals surface area contributed by atoms with Gasteiger partial charge in [0.15, 0.2) is 0 Å². The fourth-order valence-electron chi connectivity index (χ4n) is 1.13. The molecule has 1 atom stereocenters. The molecule has 0 heterocycles. The van der Waals surface area contributed by atoms with E-state index in [1.165, 1.54) is 0 Å². The molecule has 1 unspecified atom stereocenters. The Bertz CT molecular complexity index is 78.2. The molecular weight excluding hydrogens is 142 g/mol. The van der Waals surface area contributed by atoms with Gasteiger partial charge in [0, 0.05) is 26.8 Å². The van der Waals surface area contributed by atoms with E-state index in [9.17, 15) is 0 Å². The van der Waals surface area contributed by atoms with Crippen LogP contribution in [0.4, 0.5) is 0 Å². The minimum absolute atomic E-state index is 0.232. The summed E-state index contributed by atoms with van der Waals surface area (Å²) in [5.74, 6) is 0.538. The topological polar surface area (TPSA) is 32.7 Å². The van der Waals surface area contributed by atoms with Crippen molar-refractivity contribution in [2.45, 2.75) is 6.92 Å². The third-order valence-electron chi connectivity index (χ3n) is 1.56. The number of likely N-dealkylation sites (N-methyl/N-ethyl adjacent to an activating group) is 1. The van der Waals surface area contributed by atoms with Crippen LogP contribution >= 0.6 is 0 Å². The SMILES string of the molecule is COCC(C)CN(C)CCO. The molecule has 3 nitrogen and oxygen atoms in total. The summed E-state index contributed by atoms with van der Waals surface area (Å²) in [5.41, 5.74) is 0. The van der Waals surface area contributed by atoms with Crippen LogP contribution in [-0.4, -0.2) is 50.5 Å². The second kappa shape index (κ2) is 6.58. The summed E-state index contributed by atoms with van der Waals surface area (Å²) in [6.45, 7) is 4.88. The number of aliphatic hydroxyl groups excluding tert-OH is 1. The van der Waals surface area contributed by atoms with E-state index in [0.29, 0.717) is 5.92 Å². The lowest BCUT2D eigenvalue weighted by molar-refractivity contribution is 0.129. The molecule has 0 aliphatic heterocycles.